The highest BCUT2D eigenvalue weighted by atomic mass is 15.0. The normalized spacial score (nSPS) is 30.3. The number of nitrogens with one attached hydrogen (secondary N) is 1. The number of hydrogen-bond donors (Lipinski definition) is 2. The second-order valence-corrected chi connectivity index (χ2v) is 4.04. The van der Waals surface area contributed by atoms with Gasteiger partial charge < -0.3 is 11.1 Å². The monoisotopic (exact) mass is 154 g/mol. The summed E-state index contributed by atoms with van der Waals surface area (Å²) in [7, 11) is 0. The van der Waals surface area contributed by atoms with Gasteiger partial charge in [0.05, 0.1) is 0 Å². The van der Waals surface area contributed by atoms with Gasteiger partial charge in [0.2, 0.25) is 0 Å². The summed E-state index contributed by atoms with van der Waals surface area (Å²) in [4.78, 5) is 0. The minimum absolute atomic E-state index is 0.499. The van der Waals surface area contributed by atoms with Gasteiger partial charge in [-0.15, -0.1) is 0 Å². The first-order valence-corrected chi connectivity index (χ1v) is 4.84. The van der Waals surface area contributed by atoms with Crippen molar-refractivity contribution in [3.05, 3.63) is 0 Å². The minimum atomic E-state index is 0.499. The van der Waals surface area contributed by atoms with E-state index in [1.807, 2.05) is 0 Å². The Labute approximate surface area is 68.5 Å². The Bertz CT molecular complexity index is 126. The molecule has 0 aromatic carbocycles. The van der Waals surface area contributed by atoms with Gasteiger partial charge >= 0.3 is 0 Å². The Hall–Kier alpha value is -0.0800. The van der Waals surface area contributed by atoms with Gasteiger partial charge in [-0.1, -0.05) is 12.8 Å². The Balaban J connectivity index is 1.82. The van der Waals surface area contributed by atoms with Gasteiger partial charge in [0.15, 0.2) is 0 Å². The molecular weight excluding hydrogens is 136 g/mol. The van der Waals surface area contributed by atoms with Gasteiger partial charge in [0.25, 0.3) is 0 Å². The lowest BCUT2D eigenvalue weighted by molar-refractivity contribution is 0.233. The summed E-state index contributed by atoms with van der Waals surface area (Å²) in [6, 6.07) is 0.499. The minimum Gasteiger partial charge on any atom is -0.327 e. The molecule has 1 aliphatic carbocycles. The maximum absolute atomic E-state index is 6.14. The molecule has 1 heterocycles. The Morgan fingerprint density at radius 1 is 1.09 bits per heavy atom. The SMILES string of the molecule is NC(C1CCCC1)C1CNC1. The standard InChI is InChI=1S/C9H18N2/c10-9(8-5-11-6-8)7-3-1-2-4-7/h7-9,11H,1-6,10H2. The average molecular weight is 154 g/mol. The van der Waals surface area contributed by atoms with E-state index in [0.717, 1.165) is 24.9 Å². The van der Waals surface area contributed by atoms with E-state index in [1.54, 1.807) is 0 Å². The molecule has 2 rings (SSSR count). The molecule has 64 valence electrons. The zero-order valence-electron chi connectivity index (χ0n) is 7.05. The smallest absolute Gasteiger partial charge is 0.0120 e. The van der Waals surface area contributed by atoms with E-state index in [1.165, 1.54) is 25.7 Å². The molecule has 11 heavy (non-hydrogen) atoms. The first-order chi connectivity index (χ1) is 5.38. The van der Waals surface area contributed by atoms with Gasteiger partial charge in [-0.05, 0) is 24.7 Å². The Morgan fingerprint density at radius 3 is 2.18 bits per heavy atom. The van der Waals surface area contributed by atoms with Gasteiger partial charge in [-0.3, -0.25) is 0 Å². The van der Waals surface area contributed by atoms with Crippen LogP contribution in [-0.2, 0) is 0 Å². The maximum Gasteiger partial charge on any atom is 0.0120 e. The van der Waals surface area contributed by atoms with Gasteiger partial charge in [0.1, 0.15) is 0 Å². The van der Waals surface area contributed by atoms with Crippen molar-refractivity contribution in [1.82, 2.24) is 5.32 Å². The van der Waals surface area contributed by atoms with Gasteiger partial charge in [0, 0.05) is 19.1 Å². The molecule has 1 saturated carbocycles. The van der Waals surface area contributed by atoms with Crippen molar-refractivity contribution in [2.75, 3.05) is 13.1 Å². The lowest BCUT2D eigenvalue weighted by Crippen LogP contribution is -2.54. The van der Waals surface area contributed by atoms with Crippen molar-refractivity contribution in [1.29, 1.82) is 0 Å². The largest absolute Gasteiger partial charge is 0.327 e. The first-order valence-electron chi connectivity index (χ1n) is 4.84. The fourth-order valence-corrected chi connectivity index (χ4v) is 2.31. The van der Waals surface area contributed by atoms with Crippen molar-refractivity contribution in [3.63, 3.8) is 0 Å². The molecule has 2 aliphatic rings. The summed E-state index contributed by atoms with van der Waals surface area (Å²) < 4.78 is 0. The lowest BCUT2D eigenvalue weighted by atomic mass is 9.84. The van der Waals surface area contributed by atoms with E-state index in [9.17, 15) is 0 Å². The van der Waals surface area contributed by atoms with Crippen LogP contribution in [0, 0.1) is 11.8 Å². The molecule has 0 amide bonds. The summed E-state index contributed by atoms with van der Waals surface area (Å²) in [6.07, 6.45) is 5.60. The molecule has 1 atom stereocenters. The van der Waals surface area contributed by atoms with E-state index in [4.69, 9.17) is 5.73 Å². The van der Waals surface area contributed by atoms with Crippen molar-refractivity contribution < 1.29 is 0 Å². The van der Waals surface area contributed by atoms with E-state index < -0.39 is 0 Å². The van der Waals surface area contributed by atoms with Crippen LogP contribution < -0.4 is 11.1 Å². The molecule has 2 nitrogen and oxygen atoms in total. The highest BCUT2D eigenvalue weighted by molar-refractivity contribution is 4.89. The van der Waals surface area contributed by atoms with Crippen LogP contribution in [0.3, 0.4) is 0 Å². The van der Waals surface area contributed by atoms with Crippen molar-refractivity contribution in [3.8, 4) is 0 Å². The molecular formula is C9H18N2. The summed E-state index contributed by atoms with van der Waals surface area (Å²) in [6.45, 7) is 2.33. The van der Waals surface area contributed by atoms with Crippen LogP contribution in [-0.4, -0.2) is 19.1 Å². The molecule has 1 saturated heterocycles. The summed E-state index contributed by atoms with van der Waals surface area (Å²) in [5, 5.41) is 3.29. The molecule has 0 aromatic heterocycles. The van der Waals surface area contributed by atoms with Crippen molar-refractivity contribution in [2.45, 2.75) is 31.7 Å². The second kappa shape index (κ2) is 3.11. The molecule has 0 aromatic rings. The highest BCUT2D eigenvalue weighted by Gasteiger charge is 2.31. The van der Waals surface area contributed by atoms with Crippen LogP contribution in [0.2, 0.25) is 0 Å². The molecule has 3 N–H and O–H groups in total. The van der Waals surface area contributed by atoms with Crippen LogP contribution in [0.15, 0.2) is 0 Å². The van der Waals surface area contributed by atoms with Crippen LogP contribution in [0.4, 0.5) is 0 Å². The molecule has 1 unspecified atom stereocenters. The summed E-state index contributed by atoms with van der Waals surface area (Å²) in [5.74, 6) is 1.64. The quantitative estimate of drug-likeness (QED) is 0.615. The summed E-state index contributed by atoms with van der Waals surface area (Å²) >= 11 is 0. The van der Waals surface area contributed by atoms with Crippen molar-refractivity contribution in [2.24, 2.45) is 17.6 Å². The third-order valence-electron chi connectivity index (χ3n) is 3.30. The van der Waals surface area contributed by atoms with Gasteiger partial charge in [-0.25, -0.2) is 0 Å². The van der Waals surface area contributed by atoms with Crippen LogP contribution >= 0.6 is 0 Å². The molecule has 0 spiro atoms. The number of hydrogen-bond acceptors (Lipinski definition) is 2. The topological polar surface area (TPSA) is 38.0 Å². The van der Waals surface area contributed by atoms with Crippen LogP contribution in [0.1, 0.15) is 25.7 Å². The van der Waals surface area contributed by atoms with E-state index in [0.29, 0.717) is 6.04 Å². The third kappa shape index (κ3) is 1.42. The van der Waals surface area contributed by atoms with E-state index in [2.05, 4.69) is 5.32 Å². The predicted octanol–water partition coefficient (Wildman–Crippen LogP) is 0.723. The first kappa shape index (κ1) is 7.56. The highest BCUT2D eigenvalue weighted by Crippen LogP contribution is 2.30. The molecule has 1 aliphatic heterocycles. The number of nitrogens with two attached hydrogens (primary N) is 1. The van der Waals surface area contributed by atoms with E-state index >= 15 is 0 Å². The molecule has 0 bridgehead atoms. The molecule has 0 radical (unpaired) electrons. The zero-order valence-corrected chi connectivity index (χ0v) is 7.05. The second-order valence-electron chi connectivity index (χ2n) is 4.04. The average Bonchev–Trinajstić information content (AvgIpc) is 2.32. The zero-order chi connectivity index (χ0) is 7.68. The van der Waals surface area contributed by atoms with Gasteiger partial charge in [-0.2, -0.15) is 0 Å². The Morgan fingerprint density at radius 2 is 1.73 bits per heavy atom. The fourth-order valence-electron chi connectivity index (χ4n) is 2.31. The lowest BCUT2D eigenvalue weighted by Gasteiger charge is -2.35. The Kier molecular flexibility index (Phi) is 2.14. The van der Waals surface area contributed by atoms with Crippen LogP contribution in [0.25, 0.3) is 0 Å². The molecule has 2 fully saturated rings. The predicted molar refractivity (Wildman–Crippen MR) is 46.3 cm³/mol. The van der Waals surface area contributed by atoms with Crippen molar-refractivity contribution >= 4 is 0 Å². The number of rotatable bonds is 2. The third-order valence-corrected chi connectivity index (χ3v) is 3.30. The fraction of sp³-hybridized carbons (Fsp3) is 1.00. The summed E-state index contributed by atoms with van der Waals surface area (Å²) in [5.41, 5.74) is 6.14. The maximum atomic E-state index is 6.14. The van der Waals surface area contributed by atoms with E-state index in [-0.39, 0.29) is 0 Å². The van der Waals surface area contributed by atoms with Crippen LogP contribution in [0.5, 0.6) is 0 Å². The molecule has 2 heteroatoms.